The van der Waals surface area contributed by atoms with Crippen LogP contribution in [0.5, 0.6) is 5.75 Å². The molecule has 128 valence electrons. The van der Waals surface area contributed by atoms with Gasteiger partial charge in [-0.05, 0) is 44.7 Å². The summed E-state index contributed by atoms with van der Waals surface area (Å²) in [5.41, 5.74) is 2.16. The Morgan fingerprint density at radius 3 is 2.79 bits per heavy atom. The third-order valence-corrected chi connectivity index (χ3v) is 4.77. The van der Waals surface area contributed by atoms with Crippen molar-refractivity contribution in [2.45, 2.75) is 32.6 Å². The molecule has 0 amide bonds. The lowest BCUT2D eigenvalue weighted by Crippen LogP contribution is -2.03. The van der Waals surface area contributed by atoms with Crippen molar-refractivity contribution in [3.05, 3.63) is 50.5 Å². The van der Waals surface area contributed by atoms with Gasteiger partial charge in [-0.1, -0.05) is 34.8 Å². The van der Waals surface area contributed by atoms with Gasteiger partial charge in [0.2, 0.25) is 0 Å². The molecule has 1 aliphatic rings. The summed E-state index contributed by atoms with van der Waals surface area (Å²) >= 11 is 18.3. The largest absolute Gasteiger partial charge is 0.488 e. The molecule has 0 atom stereocenters. The number of hydrogen-bond acceptors (Lipinski definition) is 2. The fourth-order valence-electron chi connectivity index (χ4n) is 2.71. The molecule has 1 aliphatic carbocycles. The first-order valence-corrected chi connectivity index (χ1v) is 8.81. The summed E-state index contributed by atoms with van der Waals surface area (Å²) in [6.45, 7) is 1.99. The zero-order valence-corrected chi connectivity index (χ0v) is 15.3. The lowest BCUT2D eigenvalue weighted by molar-refractivity contribution is 0.361. The maximum Gasteiger partial charge on any atom is 0.150 e. The number of nitrogens with zero attached hydrogens (tertiary/aromatic N) is 2. The van der Waals surface area contributed by atoms with E-state index in [2.05, 4.69) is 5.10 Å². The van der Waals surface area contributed by atoms with Gasteiger partial charge in [-0.2, -0.15) is 5.10 Å². The van der Waals surface area contributed by atoms with Crippen molar-refractivity contribution < 1.29 is 9.13 Å². The molecule has 0 fully saturated rings. The average Bonchev–Trinajstić information content (AvgIpc) is 2.86. The van der Waals surface area contributed by atoms with E-state index in [1.54, 1.807) is 13.0 Å². The molecule has 3 rings (SSSR count). The van der Waals surface area contributed by atoms with Crippen molar-refractivity contribution in [3.8, 4) is 11.4 Å². The van der Waals surface area contributed by atoms with Crippen LogP contribution in [0.1, 0.15) is 31.0 Å². The van der Waals surface area contributed by atoms with E-state index in [1.807, 2.05) is 0 Å². The fraction of sp³-hybridized carbons (Fsp3) is 0.353. The first-order chi connectivity index (χ1) is 11.5. The van der Waals surface area contributed by atoms with Gasteiger partial charge >= 0.3 is 0 Å². The molecule has 1 aromatic carbocycles. The van der Waals surface area contributed by atoms with Gasteiger partial charge < -0.3 is 4.74 Å². The summed E-state index contributed by atoms with van der Waals surface area (Å²) in [7, 11) is 0. The number of allylic oxidation sites excluding steroid dienone is 1. The normalized spacial score (nSPS) is 14.6. The van der Waals surface area contributed by atoms with Crippen LogP contribution in [-0.4, -0.2) is 16.4 Å². The number of fused-ring (bicyclic) bond motifs is 1. The van der Waals surface area contributed by atoms with Gasteiger partial charge in [0, 0.05) is 16.7 Å². The lowest BCUT2D eigenvalue weighted by Gasteiger charge is -2.11. The summed E-state index contributed by atoms with van der Waals surface area (Å²) in [5, 5.41) is 5.72. The van der Waals surface area contributed by atoms with E-state index in [-0.39, 0.29) is 17.3 Å². The Balaban J connectivity index is 1.99. The molecule has 0 aliphatic heterocycles. The highest BCUT2D eigenvalue weighted by Gasteiger charge is 2.22. The van der Waals surface area contributed by atoms with Crippen LogP contribution in [0, 0.1) is 5.82 Å². The van der Waals surface area contributed by atoms with E-state index >= 15 is 0 Å². The number of benzene rings is 1. The number of aryl methyl sites for hydroxylation is 1. The van der Waals surface area contributed by atoms with Crippen LogP contribution in [0.4, 0.5) is 4.39 Å². The first kappa shape index (κ1) is 17.6. The van der Waals surface area contributed by atoms with Crippen LogP contribution in [-0.2, 0) is 12.8 Å². The van der Waals surface area contributed by atoms with Gasteiger partial charge in [-0.25, -0.2) is 9.07 Å². The van der Waals surface area contributed by atoms with Gasteiger partial charge in [0.15, 0.2) is 5.82 Å². The molecule has 1 aromatic heterocycles. The predicted molar refractivity (Wildman–Crippen MR) is 95.3 cm³/mol. The molecule has 0 spiro atoms. The highest BCUT2D eigenvalue weighted by molar-refractivity contribution is 6.32. The number of rotatable bonds is 4. The summed E-state index contributed by atoms with van der Waals surface area (Å²) < 4.78 is 21.4. The average molecular weight is 390 g/mol. The van der Waals surface area contributed by atoms with Crippen LogP contribution in [0.2, 0.25) is 10.2 Å². The second-order valence-corrected chi connectivity index (χ2v) is 7.03. The van der Waals surface area contributed by atoms with E-state index in [4.69, 9.17) is 39.5 Å². The Bertz CT molecular complexity index is 798. The minimum atomic E-state index is -0.502. The minimum absolute atomic E-state index is 0.185. The minimum Gasteiger partial charge on any atom is -0.488 e. The van der Waals surface area contributed by atoms with Crippen LogP contribution < -0.4 is 4.74 Å². The summed E-state index contributed by atoms with van der Waals surface area (Å²) in [4.78, 5) is 0. The molecular weight excluding hydrogens is 374 g/mol. The maximum atomic E-state index is 14.4. The molecule has 24 heavy (non-hydrogen) atoms. The molecule has 3 nitrogen and oxygen atoms in total. The number of aromatic nitrogens is 2. The van der Waals surface area contributed by atoms with Crippen LogP contribution >= 0.6 is 34.8 Å². The quantitative estimate of drug-likeness (QED) is 0.669. The Morgan fingerprint density at radius 2 is 2.08 bits per heavy atom. The van der Waals surface area contributed by atoms with Gasteiger partial charge in [0.25, 0.3) is 0 Å². The Kier molecular flexibility index (Phi) is 5.38. The van der Waals surface area contributed by atoms with E-state index in [9.17, 15) is 4.39 Å². The zero-order chi connectivity index (χ0) is 17.3. The van der Waals surface area contributed by atoms with Crippen LogP contribution in [0.15, 0.2) is 23.2 Å². The number of hydrogen-bond donors (Lipinski definition) is 0. The predicted octanol–water partition coefficient (Wildman–Crippen LogP) is 5.72. The first-order valence-electron chi connectivity index (χ1n) is 7.68. The third kappa shape index (κ3) is 3.56. The Hall–Kier alpha value is -1.23. The zero-order valence-electron chi connectivity index (χ0n) is 13.1. The van der Waals surface area contributed by atoms with Crippen LogP contribution in [0.25, 0.3) is 5.69 Å². The number of halogens is 4. The van der Waals surface area contributed by atoms with Crippen molar-refractivity contribution in [2.24, 2.45) is 0 Å². The molecule has 0 radical (unpaired) electrons. The summed E-state index contributed by atoms with van der Waals surface area (Å²) in [5.74, 6) is -0.148. The number of ether oxygens (including phenoxy) is 1. The van der Waals surface area contributed by atoms with Gasteiger partial charge in [-0.3, -0.25) is 0 Å². The van der Waals surface area contributed by atoms with E-state index in [0.717, 1.165) is 36.9 Å². The maximum absolute atomic E-state index is 14.4. The second kappa shape index (κ2) is 7.34. The summed E-state index contributed by atoms with van der Waals surface area (Å²) in [6.07, 6.45) is 5.56. The molecular formula is C17H16Cl3FN2O. The summed E-state index contributed by atoms with van der Waals surface area (Å²) in [6, 6.07) is 2.72. The molecule has 1 heterocycles. The standard InChI is InChI=1S/C17H16Cl3FN2O/c1-10(18)6-7-24-16-9-15(13(21)8-12(16)19)23-17(20)11-4-2-3-5-14(11)22-23/h6,8-9H,2-5,7H2,1H3. The highest BCUT2D eigenvalue weighted by Crippen LogP contribution is 2.34. The fourth-order valence-corrected chi connectivity index (χ4v) is 3.31. The van der Waals surface area contributed by atoms with E-state index in [1.165, 1.54) is 16.8 Å². The Morgan fingerprint density at radius 1 is 1.33 bits per heavy atom. The van der Waals surface area contributed by atoms with Crippen LogP contribution in [0.3, 0.4) is 0 Å². The smallest absolute Gasteiger partial charge is 0.150 e. The molecule has 0 unspecified atom stereocenters. The molecule has 0 N–H and O–H groups in total. The van der Waals surface area contributed by atoms with Gasteiger partial charge in [-0.15, -0.1) is 0 Å². The van der Waals surface area contributed by atoms with Crippen molar-refractivity contribution in [2.75, 3.05) is 6.61 Å². The highest BCUT2D eigenvalue weighted by atomic mass is 35.5. The van der Waals surface area contributed by atoms with Crippen molar-refractivity contribution in [3.63, 3.8) is 0 Å². The molecule has 0 saturated heterocycles. The Labute approximate surface area is 155 Å². The molecule has 7 heteroatoms. The monoisotopic (exact) mass is 388 g/mol. The SMILES string of the molecule is CC(Cl)=CCOc1cc(-n2nc3c(c2Cl)CCCC3)c(F)cc1Cl. The lowest BCUT2D eigenvalue weighted by atomic mass is 9.99. The van der Waals surface area contributed by atoms with E-state index < -0.39 is 5.82 Å². The van der Waals surface area contributed by atoms with Crippen molar-refractivity contribution in [1.82, 2.24) is 9.78 Å². The molecule has 0 bridgehead atoms. The molecule has 0 saturated carbocycles. The third-order valence-electron chi connectivity index (χ3n) is 3.93. The van der Waals surface area contributed by atoms with Crippen molar-refractivity contribution in [1.29, 1.82) is 0 Å². The van der Waals surface area contributed by atoms with E-state index in [0.29, 0.717) is 15.9 Å². The van der Waals surface area contributed by atoms with Gasteiger partial charge in [0.1, 0.15) is 23.2 Å². The second-order valence-electron chi connectivity index (χ2n) is 5.67. The van der Waals surface area contributed by atoms with Crippen molar-refractivity contribution >= 4 is 34.8 Å². The van der Waals surface area contributed by atoms with Gasteiger partial charge in [0.05, 0.1) is 10.7 Å². The molecule has 2 aromatic rings. The topological polar surface area (TPSA) is 27.1 Å².